The maximum absolute atomic E-state index is 13.8. The molecule has 0 fully saturated rings. The lowest BCUT2D eigenvalue weighted by Gasteiger charge is -2.40. The van der Waals surface area contributed by atoms with Crippen LogP contribution >= 0.6 is 11.6 Å². The van der Waals surface area contributed by atoms with Crippen LogP contribution in [0.1, 0.15) is 45.0 Å². The molecule has 2 aromatic heterocycles. The zero-order valence-electron chi connectivity index (χ0n) is 21.6. The summed E-state index contributed by atoms with van der Waals surface area (Å²) in [5, 5.41) is 21.8. The van der Waals surface area contributed by atoms with Gasteiger partial charge in [-0.2, -0.15) is 5.10 Å². The van der Waals surface area contributed by atoms with E-state index in [1.54, 1.807) is 23.1 Å². The van der Waals surface area contributed by atoms with E-state index in [0.29, 0.717) is 35.8 Å². The highest BCUT2D eigenvalue weighted by Crippen LogP contribution is 2.39. The van der Waals surface area contributed by atoms with Crippen molar-refractivity contribution in [3.8, 4) is 5.69 Å². The number of carbonyl (C=O) groups is 1. The minimum absolute atomic E-state index is 0.252. The number of aryl methyl sites for hydroxylation is 2. The maximum Gasteiger partial charge on any atom is 0.253 e. The molecule has 1 aliphatic rings. The van der Waals surface area contributed by atoms with Crippen molar-refractivity contribution < 1.29 is 10.0 Å². The van der Waals surface area contributed by atoms with Gasteiger partial charge in [0, 0.05) is 22.2 Å². The number of fused-ring (bicyclic) bond motifs is 3. The van der Waals surface area contributed by atoms with Crippen molar-refractivity contribution in [2.45, 2.75) is 38.8 Å². The molecule has 0 saturated heterocycles. The molecule has 1 atom stereocenters. The van der Waals surface area contributed by atoms with Crippen LogP contribution in [-0.4, -0.2) is 36.7 Å². The summed E-state index contributed by atoms with van der Waals surface area (Å²) in [7, 11) is 0. The number of amides is 1. The van der Waals surface area contributed by atoms with E-state index in [-0.39, 0.29) is 5.91 Å². The van der Waals surface area contributed by atoms with Gasteiger partial charge in [0.05, 0.1) is 34.6 Å². The van der Waals surface area contributed by atoms with Crippen molar-refractivity contribution in [2.75, 3.05) is 0 Å². The smallest absolute Gasteiger partial charge is 0.253 e. The first-order valence-electron chi connectivity index (χ1n) is 12.7. The van der Waals surface area contributed by atoms with Crippen molar-refractivity contribution in [2.24, 2.45) is 5.16 Å². The van der Waals surface area contributed by atoms with Gasteiger partial charge < -0.3 is 15.1 Å². The summed E-state index contributed by atoms with van der Waals surface area (Å²) >= 11 is 6.64. The Morgan fingerprint density at radius 3 is 2.67 bits per heavy atom. The van der Waals surface area contributed by atoms with Gasteiger partial charge in [-0.15, -0.1) is 0 Å². The first-order chi connectivity index (χ1) is 18.9. The van der Waals surface area contributed by atoms with Crippen molar-refractivity contribution >= 4 is 34.6 Å². The second-order valence-corrected chi connectivity index (χ2v) is 10.4. The first-order valence-corrected chi connectivity index (χ1v) is 13.1. The highest BCUT2D eigenvalue weighted by Gasteiger charge is 2.40. The molecule has 1 aliphatic heterocycles. The normalized spacial score (nSPS) is 17.0. The third kappa shape index (κ3) is 4.36. The fourth-order valence-electron chi connectivity index (χ4n) is 5.63. The van der Waals surface area contributed by atoms with Crippen LogP contribution in [0.5, 0.6) is 0 Å². The molecule has 0 aliphatic carbocycles. The van der Waals surface area contributed by atoms with E-state index in [0.717, 1.165) is 39.0 Å². The topological polar surface area (TPSA) is 97.3 Å². The summed E-state index contributed by atoms with van der Waals surface area (Å²) in [6.07, 6.45) is 4.48. The predicted molar refractivity (Wildman–Crippen MR) is 151 cm³/mol. The third-order valence-corrected chi connectivity index (χ3v) is 7.83. The summed E-state index contributed by atoms with van der Waals surface area (Å²) in [6.45, 7) is 4.38. The third-order valence-electron chi connectivity index (χ3n) is 7.52. The highest BCUT2D eigenvalue weighted by molar-refractivity contribution is 6.34. The van der Waals surface area contributed by atoms with Gasteiger partial charge in [0.1, 0.15) is 12.2 Å². The van der Waals surface area contributed by atoms with E-state index in [9.17, 15) is 10.0 Å². The number of nitrogens with one attached hydrogen (secondary N) is 1. The monoisotopic (exact) mass is 538 g/mol. The van der Waals surface area contributed by atoms with Gasteiger partial charge in [-0.25, -0.2) is 9.67 Å². The number of oxime groups is 1. The summed E-state index contributed by atoms with van der Waals surface area (Å²) in [5.41, 5.74) is 5.60. The Labute approximate surface area is 230 Å². The lowest BCUT2D eigenvalue weighted by Crippen LogP contribution is -2.51. The number of hydrogen-bond donors (Lipinski definition) is 2. The molecular formula is C30H27ClN6O2. The van der Waals surface area contributed by atoms with E-state index in [1.807, 2.05) is 38.1 Å². The van der Waals surface area contributed by atoms with Gasteiger partial charge in [-0.1, -0.05) is 58.7 Å². The summed E-state index contributed by atoms with van der Waals surface area (Å²) in [5.74, 6) is 0.397. The number of benzene rings is 3. The van der Waals surface area contributed by atoms with Crippen LogP contribution in [0.25, 0.3) is 16.6 Å². The van der Waals surface area contributed by atoms with Crippen LogP contribution in [-0.2, 0) is 18.5 Å². The molecule has 0 spiro atoms. The Morgan fingerprint density at radius 1 is 1.13 bits per heavy atom. The molecular weight excluding hydrogens is 512 g/mol. The molecule has 0 radical (unpaired) electrons. The van der Waals surface area contributed by atoms with Crippen LogP contribution in [0.2, 0.25) is 5.02 Å². The molecule has 1 amide bonds. The average molecular weight is 539 g/mol. The maximum atomic E-state index is 13.8. The Hall–Kier alpha value is -4.43. The van der Waals surface area contributed by atoms with Gasteiger partial charge in [-0.3, -0.25) is 4.79 Å². The van der Waals surface area contributed by atoms with Crippen LogP contribution < -0.4 is 5.32 Å². The fraction of sp³-hybridized carbons (Fsp3) is 0.200. The Bertz CT molecular complexity index is 1740. The lowest BCUT2D eigenvalue weighted by atomic mass is 9.81. The van der Waals surface area contributed by atoms with Crippen LogP contribution in [0.4, 0.5) is 0 Å². The first kappa shape index (κ1) is 24.9. The van der Waals surface area contributed by atoms with Crippen LogP contribution in [0, 0.1) is 13.8 Å². The summed E-state index contributed by atoms with van der Waals surface area (Å²) < 4.78 is 3.86. The molecule has 6 rings (SSSR count). The SMILES string of the molecule is Cc1ccc2c(c1)c(/C=N/O)c1n2C[C@@](NC(=O)c2ccc(-n3cnc(C)n3)cc2Cl)(c2ccccc2)CC1. The molecule has 0 unspecified atom stereocenters. The van der Waals surface area contributed by atoms with Crippen LogP contribution in [0.15, 0.2) is 78.2 Å². The lowest BCUT2D eigenvalue weighted by molar-refractivity contribution is 0.0868. The van der Waals surface area contributed by atoms with E-state index in [2.05, 4.69) is 55.5 Å². The standard InChI is InChI=1S/C30H27ClN6O2/c1-19-8-11-27-24(14-19)25(16-33-39)28-12-13-30(17-36(27)28,21-6-4-3-5-7-21)34-29(38)23-10-9-22(15-26(23)31)37-18-32-20(2)35-37/h3-11,14-16,18,39H,12-13,17H2,1-2H3,(H,34,38)/b33-16+/t30-/m1/s1. The number of aromatic nitrogens is 4. The molecule has 2 N–H and O–H groups in total. The number of hydrogen-bond acceptors (Lipinski definition) is 5. The highest BCUT2D eigenvalue weighted by atomic mass is 35.5. The van der Waals surface area contributed by atoms with Gasteiger partial charge >= 0.3 is 0 Å². The van der Waals surface area contributed by atoms with Crippen molar-refractivity contribution in [3.05, 3.63) is 112 Å². The zero-order chi connectivity index (χ0) is 27.1. The molecule has 3 aromatic carbocycles. The Balaban J connectivity index is 1.41. The summed E-state index contributed by atoms with van der Waals surface area (Å²) in [4.78, 5) is 18.0. The number of rotatable bonds is 5. The quantitative estimate of drug-likeness (QED) is 0.174. The molecule has 5 aromatic rings. The van der Waals surface area contributed by atoms with E-state index < -0.39 is 5.54 Å². The van der Waals surface area contributed by atoms with Gasteiger partial charge in [0.15, 0.2) is 0 Å². The Morgan fingerprint density at radius 2 is 1.95 bits per heavy atom. The number of halogens is 1. The summed E-state index contributed by atoms with van der Waals surface area (Å²) in [6, 6.07) is 21.6. The predicted octanol–water partition coefficient (Wildman–Crippen LogP) is 5.57. The molecule has 0 saturated carbocycles. The van der Waals surface area contributed by atoms with Gasteiger partial charge in [0.25, 0.3) is 5.91 Å². The van der Waals surface area contributed by atoms with Gasteiger partial charge in [0.2, 0.25) is 0 Å². The average Bonchev–Trinajstić information content (AvgIpc) is 3.50. The van der Waals surface area contributed by atoms with Crippen molar-refractivity contribution in [1.82, 2.24) is 24.6 Å². The van der Waals surface area contributed by atoms with E-state index in [1.165, 1.54) is 6.21 Å². The molecule has 3 heterocycles. The minimum Gasteiger partial charge on any atom is -0.411 e. The number of carbonyl (C=O) groups excluding carboxylic acids is 1. The number of nitrogens with zero attached hydrogens (tertiary/aromatic N) is 5. The second-order valence-electron chi connectivity index (χ2n) is 10.0. The Kier molecular flexibility index (Phi) is 6.19. The minimum atomic E-state index is -0.680. The second kappa shape index (κ2) is 9.71. The molecule has 196 valence electrons. The van der Waals surface area contributed by atoms with Crippen molar-refractivity contribution in [3.63, 3.8) is 0 Å². The molecule has 39 heavy (non-hydrogen) atoms. The van der Waals surface area contributed by atoms with E-state index >= 15 is 0 Å². The van der Waals surface area contributed by atoms with E-state index in [4.69, 9.17) is 11.6 Å². The van der Waals surface area contributed by atoms with Crippen molar-refractivity contribution in [1.29, 1.82) is 0 Å². The zero-order valence-corrected chi connectivity index (χ0v) is 22.4. The molecule has 9 heteroatoms. The van der Waals surface area contributed by atoms with Gasteiger partial charge in [-0.05, 0) is 62.6 Å². The largest absolute Gasteiger partial charge is 0.411 e. The molecule has 8 nitrogen and oxygen atoms in total. The fourth-order valence-corrected chi connectivity index (χ4v) is 5.89. The molecule has 0 bridgehead atoms. The van der Waals surface area contributed by atoms with Crippen LogP contribution in [0.3, 0.4) is 0 Å².